The zero-order chi connectivity index (χ0) is 18.2. The number of imidazole rings is 1. The van der Waals surface area contributed by atoms with Gasteiger partial charge >= 0.3 is 6.18 Å². The van der Waals surface area contributed by atoms with Crippen LogP contribution in [0.5, 0.6) is 0 Å². The molecule has 0 unspecified atom stereocenters. The summed E-state index contributed by atoms with van der Waals surface area (Å²) in [7, 11) is -3.87. The molecule has 1 aromatic carbocycles. The molecule has 2 heterocycles. The average molecular weight is 371 g/mol. The number of aromatic nitrogens is 3. The third-order valence-electron chi connectivity index (χ3n) is 3.37. The second-order valence-electron chi connectivity index (χ2n) is 5.31. The van der Waals surface area contributed by atoms with E-state index in [1.807, 2.05) is 0 Å². The molecular weight excluding hydrogens is 359 g/mol. The van der Waals surface area contributed by atoms with E-state index in [4.69, 9.17) is 4.52 Å². The molecule has 0 saturated carbocycles. The van der Waals surface area contributed by atoms with Crippen molar-refractivity contribution in [1.82, 2.24) is 14.7 Å². The van der Waals surface area contributed by atoms with Crippen molar-refractivity contribution in [2.24, 2.45) is 0 Å². The standard InChI is InChI=1S/C15H12F3N3O3S/c1-10-8-12(20-24-10)9-25(22,23)14-19-6-7-21(14)13-4-2-11(3-5-13)15(16,17)18/h2-8H,9H2,1H3. The van der Waals surface area contributed by atoms with E-state index in [9.17, 15) is 21.6 Å². The molecular formula is C15H12F3N3O3S. The average Bonchev–Trinajstić information content (AvgIpc) is 3.15. The van der Waals surface area contributed by atoms with E-state index >= 15 is 0 Å². The first-order chi connectivity index (χ1) is 11.7. The zero-order valence-corrected chi connectivity index (χ0v) is 13.7. The van der Waals surface area contributed by atoms with Crippen molar-refractivity contribution in [2.45, 2.75) is 24.0 Å². The van der Waals surface area contributed by atoms with Crippen molar-refractivity contribution in [3.8, 4) is 5.69 Å². The monoisotopic (exact) mass is 371 g/mol. The summed E-state index contributed by atoms with van der Waals surface area (Å²) in [5.41, 5.74) is -0.348. The maximum absolute atomic E-state index is 12.6. The van der Waals surface area contributed by atoms with Crippen LogP contribution >= 0.6 is 0 Å². The van der Waals surface area contributed by atoms with Gasteiger partial charge in [-0.1, -0.05) is 5.16 Å². The molecule has 0 bridgehead atoms. The molecule has 0 fully saturated rings. The van der Waals surface area contributed by atoms with Crippen LogP contribution in [0.4, 0.5) is 13.2 Å². The molecule has 0 aliphatic rings. The molecule has 2 aromatic heterocycles. The van der Waals surface area contributed by atoms with Gasteiger partial charge in [-0.2, -0.15) is 13.2 Å². The second kappa shape index (κ2) is 6.03. The van der Waals surface area contributed by atoms with E-state index in [0.29, 0.717) is 5.76 Å². The number of rotatable bonds is 4. The Morgan fingerprint density at radius 2 is 1.88 bits per heavy atom. The maximum atomic E-state index is 12.6. The van der Waals surface area contributed by atoms with Gasteiger partial charge in [-0.05, 0) is 31.2 Å². The van der Waals surface area contributed by atoms with Crippen LogP contribution in [0, 0.1) is 6.92 Å². The molecule has 0 aliphatic carbocycles. The SMILES string of the molecule is Cc1cc(CS(=O)(=O)c2nccn2-c2ccc(C(F)(F)F)cc2)no1. The molecule has 0 atom stereocenters. The summed E-state index contributed by atoms with van der Waals surface area (Å²) in [5.74, 6) is 0.0402. The molecule has 0 aliphatic heterocycles. The quantitative estimate of drug-likeness (QED) is 0.704. The van der Waals surface area contributed by atoms with Crippen LogP contribution in [-0.4, -0.2) is 23.1 Å². The minimum Gasteiger partial charge on any atom is -0.361 e. The van der Waals surface area contributed by atoms with Gasteiger partial charge in [-0.15, -0.1) is 0 Å². The molecule has 0 spiro atoms. The number of benzene rings is 1. The molecule has 132 valence electrons. The van der Waals surface area contributed by atoms with Gasteiger partial charge in [0.15, 0.2) is 0 Å². The smallest absolute Gasteiger partial charge is 0.361 e. The fourth-order valence-electron chi connectivity index (χ4n) is 2.27. The Morgan fingerprint density at radius 3 is 2.44 bits per heavy atom. The van der Waals surface area contributed by atoms with E-state index < -0.39 is 27.3 Å². The number of alkyl halides is 3. The molecule has 25 heavy (non-hydrogen) atoms. The minimum absolute atomic E-state index is 0.222. The molecule has 10 heteroatoms. The maximum Gasteiger partial charge on any atom is 0.416 e. The molecule has 0 amide bonds. The number of halogens is 3. The Kier molecular flexibility index (Phi) is 4.15. The Balaban J connectivity index is 1.94. The lowest BCUT2D eigenvalue weighted by molar-refractivity contribution is -0.137. The Bertz CT molecular complexity index is 989. The van der Waals surface area contributed by atoms with Crippen molar-refractivity contribution < 1.29 is 26.1 Å². The van der Waals surface area contributed by atoms with E-state index in [1.165, 1.54) is 35.2 Å². The minimum atomic E-state index is -4.47. The Labute approximate surface area is 140 Å². The van der Waals surface area contributed by atoms with E-state index in [2.05, 4.69) is 10.1 Å². The summed E-state index contributed by atoms with van der Waals surface area (Å²) in [6.07, 6.45) is -1.84. The van der Waals surface area contributed by atoms with Crippen molar-refractivity contribution >= 4 is 9.84 Å². The first-order valence-corrected chi connectivity index (χ1v) is 8.68. The summed E-state index contributed by atoms with van der Waals surface area (Å²) in [4.78, 5) is 3.83. The molecule has 0 radical (unpaired) electrons. The van der Waals surface area contributed by atoms with Gasteiger partial charge in [-0.25, -0.2) is 13.4 Å². The van der Waals surface area contributed by atoms with Crippen LogP contribution in [0.1, 0.15) is 17.0 Å². The highest BCUT2D eigenvalue weighted by atomic mass is 32.2. The van der Waals surface area contributed by atoms with E-state index in [-0.39, 0.29) is 16.5 Å². The van der Waals surface area contributed by atoms with Crippen LogP contribution in [0.2, 0.25) is 0 Å². The predicted octanol–water partition coefficient (Wildman–Crippen LogP) is 3.16. The van der Waals surface area contributed by atoms with Gasteiger partial charge in [0.25, 0.3) is 0 Å². The highest BCUT2D eigenvalue weighted by molar-refractivity contribution is 7.90. The molecule has 3 rings (SSSR count). The normalized spacial score (nSPS) is 12.5. The van der Waals surface area contributed by atoms with Crippen LogP contribution in [0.25, 0.3) is 5.69 Å². The third-order valence-corrected chi connectivity index (χ3v) is 4.91. The summed E-state index contributed by atoms with van der Waals surface area (Å²) >= 11 is 0. The van der Waals surface area contributed by atoms with Crippen molar-refractivity contribution in [2.75, 3.05) is 0 Å². The highest BCUT2D eigenvalue weighted by Crippen LogP contribution is 2.30. The summed E-state index contributed by atoms with van der Waals surface area (Å²) in [6.45, 7) is 1.63. The third kappa shape index (κ3) is 3.58. The lowest BCUT2D eigenvalue weighted by atomic mass is 10.2. The molecule has 3 aromatic rings. The summed E-state index contributed by atoms with van der Waals surface area (Å²) < 4.78 is 69.1. The highest BCUT2D eigenvalue weighted by Gasteiger charge is 2.30. The van der Waals surface area contributed by atoms with Crippen molar-refractivity contribution in [1.29, 1.82) is 0 Å². The predicted molar refractivity (Wildman–Crippen MR) is 80.7 cm³/mol. The lowest BCUT2D eigenvalue weighted by Crippen LogP contribution is -2.12. The molecule has 0 N–H and O–H groups in total. The topological polar surface area (TPSA) is 78.0 Å². The second-order valence-corrected chi connectivity index (χ2v) is 7.20. The van der Waals surface area contributed by atoms with Crippen molar-refractivity contribution in [3.05, 3.63) is 59.7 Å². The van der Waals surface area contributed by atoms with Crippen molar-refractivity contribution in [3.63, 3.8) is 0 Å². The Hall–Kier alpha value is -2.62. The van der Waals surface area contributed by atoms with Crippen LogP contribution in [-0.2, 0) is 21.8 Å². The molecule has 0 saturated heterocycles. The first-order valence-electron chi connectivity index (χ1n) is 7.03. The number of hydrogen-bond acceptors (Lipinski definition) is 5. The first kappa shape index (κ1) is 17.2. The van der Waals surface area contributed by atoms with Gasteiger partial charge in [0.2, 0.25) is 15.0 Å². The van der Waals surface area contributed by atoms with Gasteiger partial charge in [0, 0.05) is 24.1 Å². The summed E-state index contributed by atoms with van der Waals surface area (Å²) in [6, 6.07) is 5.62. The largest absolute Gasteiger partial charge is 0.416 e. The fraction of sp³-hybridized carbons (Fsp3) is 0.200. The zero-order valence-electron chi connectivity index (χ0n) is 12.9. The number of nitrogens with zero attached hydrogens (tertiary/aromatic N) is 3. The number of aryl methyl sites for hydroxylation is 1. The van der Waals surface area contributed by atoms with Crippen LogP contribution in [0.3, 0.4) is 0 Å². The van der Waals surface area contributed by atoms with Gasteiger partial charge < -0.3 is 4.52 Å². The lowest BCUT2D eigenvalue weighted by Gasteiger charge is -2.10. The summed E-state index contributed by atoms with van der Waals surface area (Å²) in [5, 5.41) is 3.35. The molecule has 6 nitrogen and oxygen atoms in total. The van der Waals surface area contributed by atoms with Gasteiger partial charge in [0.05, 0.1) is 11.3 Å². The van der Waals surface area contributed by atoms with E-state index in [0.717, 1.165) is 12.1 Å². The van der Waals surface area contributed by atoms with E-state index in [1.54, 1.807) is 6.92 Å². The number of hydrogen-bond donors (Lipinski definition) is 0. The van der Waals surface area contributed by atoms with Gasteiger partial charge in [-0.3, -0.25) is 4.57 Å². The Morgan fingerprint density at radius 1 is 1.20 bits per heavy atom. The van der Waals surface area contributed by atoms with Crippen LogP contribution in [0.15, 0.2) is 52.4 Å². The number of sulfone groups is 1. The van der Waals surface area contributed by atoms with Gasteiger partial charge in [0.1, 0.15) is 11.5 Å². The van der Waals surface area contributed by atoms with Crippen LogP contribution < -0.4 is 0 Å². The fourth-order valence-corrected chi connectivity index (χ4v) is 3.61.